The van der Waals surface area contributed by atoms with Crippen LogP contribution in [0.3, 0.4) is 0 Å². The average molecular weight is 325 g/mol. The van der Waals surface area contributed by atoms with Crippen LogP contribution in [0.4, 0.5) is 23.0 Å². The van der Waals surface area contributed by atoms with E-state index < -0.39 is 48.4 Å². The molecule has 23 heavy (non-hydrogen) atoms. The summed E-state index contributed by atoms with van der Waals surface area (Å²) >= 11 is 0. The van der Waals surface area contributed by atoms with E-state index in [2.05, 4.69) is 10.1 Å². The van der Waals surface area contributed by atoms with Crippen molar-refractivity contribution in [1.29, 1.82) is 0 Å². The van der Waals surface area contributed by atoms with Crippen molar-refractivity contribution >= 4 is 23.0 Å². The number of aromatic nitrogens is 3. The van der Waals surface area contributed by atoms with Crippen molar-refractivity contribution in [1.82, 2.24) is 14.8 Å². The SMILES string of the molecule is O=[N+]([O-])c1cc([N+](=O)[O-])c(-n2cnc([N+](=O)[O-])n2)c([N+](=O)[O-])c1. The fourth-order valence-corrected chi connectivity index (χ4v) is 1.65. The summed E-state index contributed by atoms with van der Waals surface area (Å²) in [6.45, 7) is 0. The Kier molecular flexibility index (Phi) is 3.60. The lowest BCUT2D eigenvalue weighted by atomic mass is 10.2. The Bertz CT molecular complexity index is 823. The summed E-state index contributed by atoms with van der Waals surface area (Å²) in [5.41, 5.74) is -3.72. The summed E-state index contributed by atoms with van der Waals surface area (Å²) in [5.74, 6) is -0.952. The number of nitrogens with zero attached hydrogens (tertiary/aromatic N) is 7. The van der Waals surface area contributed by atoms with Gasteiger partial charge >= 0.3 is 17.3 Å². The first-order chi connectivity index (χ1) is 10.7. The molecule has 0 atom stereocenters. The fraction of sp³-hybridized carbons (Fsp3) is 0. The highest BCUT2D eigenvalue weighted by atomic mass is 16.6. The molecule has 1 aromatic carbocycles. The molecule has 0 spiro atoms. The van der Waals surface area contributed by atoms with Gasteiger partial charge in [0, 0.05) is 5.10 Å². The van der Waals surface area contributed by atoms with Gasteiger partial charge in [-0.1, -0.05) is 4.98 Å². The normalized spacial score (nSPS) is 10.3. The molecule has 0 N–H and O–H groups in total. The van der Waals surface area contributed by atoms with Crippen molar-refractivity contribution < 1.29 is 19.7 Å². The van der Waals surface area contributed by atoms with Gasteiger partial charge in [-0.05, 0) is 4.92 Å². The average Bonchev–Trinajstić information content (AvgIpc) is 2.95. The van der Waals surface area contributed by atoms with Crippen LogP contribution in [0.5, 0.6) is 0 Å². The van der Waals surface area contributed by atoms with E-state index in [1.165, 1.54) is 0 Å². The second-order valence-electron chi connectivity index (χ2n) is 3.85. The quantitative estimate of drug-likeness (QED) is 0.560. The Morgan fingerprint density at radius 3 is 1.70 bits per heavy atom. The van der Waals surface area contributed by atoms with Crippen LogP contribution in [0, 0.1) is 40.5 Å². The van der Waals surface area contributed by atoms with Gasteiger partial charge in [-0.15, -0.1) is 4.68 Å². The van der Waals surface area contributed by atoms with Gasteiger partial charge < -0.3 is 10.1 Å². The van der Waals surface area contributed by atoms with Gasteiger partial charge in [0.25, 0.3) is 5.69 Å². The number of hydrogen-bond donors (Lipinski definition) is 0. The predicted molar refractivity (Wildman–Crippen MR) is 68.0 cm³/mol. The molecule has 1 heterocycles. The molecule has 0 aliphatic carbocycles. The summed E-state index contributed by atoms with van der Waals surface area (Å²) in [5, 5.41) is 46.6. The third-order valence-electron chi connectivity index (χ3n) is 2.53. The van der Waals surface area contributed by atoms with Crippen molar-refractivity contribution in [2.24, 2.45) is 0 Å². The van der Waals surface area contributed by atoms with Crippen LogP contribution in [0.1, 0.15) is 0 Å². The van der Waals surface area contributed by atoms with E-state index in [0.29, 0.717) is 23.1 Å². The Labute approximate surface area is 123 Å². The van der Waals surface area contributed by atoms with E-state index >= 15 is 0 Å². The molecule has 0 bridgehead atoms. The van der Waals surface area contributed by atoms with Crippen LogP contribution >= 0.6 is 0 Å². The molecule has 0 aliphatic rings. The lowest BCUT2D eigenvalue weighted by Crippen LogP contribution is -2.07. The first kappa shape index (κ1) is 15.4. The second-order valence-corrected chi connectivity index (χ2v) is 3.85. The molecule has 0 saturated heterocycles. The van der Waals surface area contributed by atoms with Crippen LogP contribution in [0.2, 0.25) is 0 Å². The van der Waals surface area contributed by atoms with Gasteiger partial charge in [-0.2, -0.15) is 0 Å². The van der Waals surface area contributed by atoms with Gasteiger partial charge in [-0.3, -0.25) is 30.3 Å². The minimum atomic E-state index is -1.11. The number of rotatable bonds is 5. The van der Waals surface area contributed by atoms with Gasteiger partial charge in [0.05, 0.1) is 26.9 Å². The Hall–Kier alpha value is -4.04. The van der Waals surface area contributed by atoms with E-state index in [-0.39, 0.29) is 0 Å². The van der Waals surface area contributed by atoms with Crippen LogP contribution < -0.4 is 0 Å². The van der Waals surface area contributed by atoms with Gasteiger partial charge in [0.2, 0.25) is 12.0 Å². The molecule has 0 radical (unpaired) electrons. The van der Waals surface area contributed by atoms with Crippen LogP contribution in [0.15, 0.2) is 18.5 Å². The largest absolute Gasteiger partial charge is 0.491 e. The molecule has 118 valence electrons. The molecule has 0 amide bonds. The monoisotopic (exact) mass is 325 g/mol. The first-order valence-corrected chi connectivity index (χ1v) is 5.40. The van der Waals surface area contributed by atoms with E-state index in [9.17, 15) is 40.5 Å². The lowest BCUT2D eigenvalue weighted by molar-refractivity contribution is -0.403. The number of hydrogen-bond acceptors (Lipinski definition) is 10. The number of nitro benzene ring substituents is 3. The second kappa shape index (κ2) is 5.39. The molecule has 0 saturated carbocycles. The zero-order valence-electron chi connectivity index (χ0n) is 10.6. The maximum atomic E-state index is 11.1. The standard InChI is InChI=1S/C8H3N7O8/c16-12(17)4-1-5(13(18)19)7(6(2-4)14(20)21)11-3-9-8(10-11)15(22)23/h1-3H. The smallest absolute Gasteiger partial charge is 0.390 e. The van der Waals surface area contributed by atoms with Gasteiger partial charge in [-0.25, -0.2) is 0 Å². The summed E-state index contributed by atoms with van der Waals surface area (Å²) in [4.78, 5) is 42.3. The van der Waals surface area contributed by atoms with Gasteiger partial charge in [0.15, 0.2) is 0 Å². The molecule has 0 unspecified atom stereocenters. The Morgan fingerprint density at radius 1 is 0.826 bits per heavy atom. The molecule has 0 aliphatic heterocycles. The van der Waals surface area contributed by atoms with Crippen molar-refractivity contribution in [3.8, 4) is 5.69 Å². The minimum absolute atomic E-state index is 0.443. The Balaban J connectivity index is 2.82. The first-order valence-electron chi connectivity index (χ1n) is 5.40. The van der Waals surface area contributed by atoms with Crippen LogP contribution in [0.25, 0.3) is 5.69 Å². The molecule has 2 rings (SSSR count). The Morgan fingerprint density at radius 2 is 1.35 bits per heavy atom. The highest BCUT2D eigenvalue weighted by molar-refractivity contribution is 5.69. The van der Waals surface area contributed by atoms with E-state index in [0.717, 1.165) is 0 Å². The van der Waals surface area contributed by atoms with Crippen molar-refractivity contribution in [3.05, 3.63) is 58.9 Å². The predicted octanol–water partition coefficient (Wildman–Crippen LogP) is 0.900. The molecule has 0 fully saturated rings. The minimum Gasteiger partial charge on any atom is -0.390 e. The number of non-ortho nitro benzene ring substituents is 1. The molecule has 1 aromatic heterocycles. The third-order valence-corrected chi connectivity index (χ3v) is 2.53. The summed E-state index contributed by atoms with van der Waals surface area (Å²) in [7, 11) is 0. The zero-order valence-corrected chi connectivity index (χ0v) is 10.6. The number of benzene rings is 1. The third kappa shape index (κ3) is 2.73. The summed E-state index contributed by atoms with van der Waals surface area (Å²) < 4.78 is 0.443. The topological polar surface area (TPSA) is 203 Å². The van der Waals surface area contributed by atoms with E-state index in [1.54, 1.807) is 0 Å². The lowest BCUT2D eigenvalue weighted by Gasteiger charge is -2.01. The van der Waals surface area contributed by atoms with E-state index in [1.807, 2.05) is 0 Å². The zero-order chi connectivity index (χ0) is 17.3. The summed E-state index contributed by atoms with van der Waals surface area (Å²) in [6.07, 6.45) is 0.652. The van der Waals surface area contributed by atoms with Crippen molar-refractivity contribution in [3.63, 3.8) is 0 Å². The maximum Gasteiger partial charge on any atom is 0.491 e. The van der Waals surface area contributed by atoms with E-state index in [4.69, 9.17) is 0 Å². The molecule has 2 aromatic rings. The highest BCUT2D eigenvalue weighted by Crippen LogP contribution is 2.36. The molecule has 15 nitrogen and oxygen atoms in total. The molecule has 15 heteroatoms. The van der Waals surface area contributed by atoms with Crippen LogP contribution in [-0.2, 0) is 0 Å². The van der Waals surface area contributed by atoms with Gasteiger partial charge in [0.1, 0.15) is 0 Å². The summed E-state index contributed by atoms with van der Waals surface area (Å²) in [6, 6.07) is 0.964. The number of nitro groups is 4. The molecular weight excluding hydrogens is 322 g/mol. The van der Waals surface area contributed by atoms with Crippen molar-refractivity contribution in [2.75, 3.05) is 0 Å². The highest BCUT2D eigenvalue weighted by Gasteiger charge is 2.34. The van der Waals surface area contributed by atoms with Crippen molar-refractivity contribution in [2.45, 2.75) is 0 Å². The van der Waals surface area contributed by atoms with Crippen LogP contribution in [-0.4, -0.2) is 34.5 Å². The fourth-order valence-electron chi connectivity index (χ4n) is 1.65. The maximum absolute atomic E-state index is 11.1. The molecular formula is C8H3N7O8.